The summed E-state index contributed by atoms with van der Waals surface area (Å²) in [5.74, 6) is 0.716. The third-order valence-electron chi connectivity index (χ3n) is 1.48. The summed E-state index contributed by atoms with van der Waals surface area (Å²) in [6.07, 6.45) is 3.59. The number of hydrogen-bond acceptors (Lipinski definition) is 3. The Kier molecular flexibility index (Phi) is 1.54. The fraction of sp³-hybridized carbons (Fsp3) is 0.167. The van der Waals surface area contributed by atoms with Crippen molar-refractivity contribution in [3.63, 3.8) is 0 Å². The Morgan fingerprint density at radius 1 is 1.58 bits per heavy atom. The molecule has 5 nitrogen and oxygen atoms in total. The van der Waals surface area contributed by atoms with Gasteiger partial charge in [-0.3, -0.25) is 9.78 Å². The van der Waals surface area contributed by atoms with Gasteiger partial charge in [0.15, 0.2) is 10.6 Å². The number of aromatic nitrogens is 5. The highest BCUT2D eigenvalue weighted by Gasteiger charge is 2.01. The summed E-state index contributed by atoms with van der Waals surface area (Å²) in [6, 6.07) is 0. The van der Waals surface area contributed by atoms with Crippen molar-refractivity contribution >= 4 is 12.2 Å². The second-order valence-electron chi connectivity index (χ2n) is 2.43. The molecule has 2 rings (SSSR count). The molecule has 0 bridgehead atoms. The first-order chi connectivity index (χ1) is 5.75. The van der Waals surface area contributed by atoms with Crippen molar-refractivity contribution in [2.45, 2.75) is 0 Å². The second kappa shape index (κ2) is 2.56. The number of hydrogen-bond donors (Lipinski definition) is 2. The lowest BCUT2D eigenvalue weighted by molar-refractivity contribution is 0.768. The molecule has 2 heterocycles. The van der Waals surface area contributed by atoms with Gasteiger partial charge in [-0.1, -0.05) is 0 Å². The third-order valence-corrected chi connectivity index (χ3v) is 1.67. The van der Waals surface area contributed by atoms with Crippen LogP contribution in [0, 0.1) is 4.77 Å². The van der Waals surface area contributed by atoms with Gasteiger partial charge in [0.05, 0.1) is 11.8 Å². The molecule has 0 spiro atoms. The van der Waals surface area contributed by atoms with E-state index in [1.807, 2.05) is 13.2 Å². The summed E-state index contributed by atoms with van der Waals surface area (Å²) < 4.78 is 2.23. The zero-order chi connectivity index (χ0) is 8.55. The van der Waals surface area contributed by atoms with Gasteiger partial charge in [0.1, 0.15) is 0 Å². The van der Waals surface area contributed by atoms with E-state index in [-0.39, 0.29) is 0 Å². The van der Waals surface area contributed by atoms with E-state index in [0.717, 1.165) is 5.56 Å². The van der Waals surface area contributed by atoms with Crippen LogP contribution in [0.3, 0.4) is 0 Å². The van der Waals surface area contributed by atoms with Crippen molar-refractivity contribution in [1.29, 1.82) is 0 Å². The van der Waals surface area contributed by atoms with E-state index in [2.05, 4.69) is 20.3 Å². The number of rotatable bonds is 1. The lowest BCUT2D eigenvalue weighted by atomic mass is 10.3. The van der Waals surface area contributed by atoms with Crippen LogP contribution < -0.4 is 0 Å². The van der Waals surface area contributed by atoms with E-state index < -0.39 is 0 Å². The van der Waals surface area contributed by atoms with Crippen molar-refractivity contribution in [2.75, 3.05) is 0 Å². The predicted molar refractivity (Wildman–Crippen MR) is 46.0 cm³/mol. The number of nitrogens with one attached hydrogen (secondary N) is 2. The molecule has 0 saturated carbocycles. The SMILES string of the molecule is Cn1cc(-c2n[nH]c(=S)[nH]2)cn1. The third kappa shape index (κ3) is 1.16. The zero-order valence-corrected chi connectivity index (χ0v) is 7.22. The first-order valence-electron chi connectivity index (χ1n) is 3.39. The number of aryl methyl sites for hydroxylation is 1. The normalized spacial score (nSPS) is 10.4. The van der Waals surface area contributed by atoms with Gasteiger partial charge in [-0.15, -0.1) is 0 Å². The minimum atomic E-state index is 0.522. The molecule has 0 aliphatic rings. The first kappa shape index (κ1) is 7.23. The molecule has 6 heteroatoms. The Hall–Kier alpha value is -1.43. The van der Waals surface area contributed by atoms with Crippen LogP contribution in [0.4, 0.5) is 0 Å². The van der Waals surface area contributed by atoms with Crippen LogP contribution in [0.25, 0.3) is 11.4 Å². The summed E-state index contributed by atoms with van der Waals surface area (Å²) in [6.45, 7) is 0. The largest absolute Gasteiger partial charge is 0.314 e. The van der Waals surface area contributed by atoms with Gasteiger partial charge < -0.3 is 4.98 Å². The summed E-state index contributed by atoms with van der Waals surface area (Å²) in [7, 11) is 1.85. The van der Waals surface area contributed by atoms with E-state index in [1.165, 1.54) is 0 Å². The maximum Gasteiger partial charge on any atom is 0.192 e. The molecule has 12 heavy (non-hydrogen) atoms. The Morgan fingerprint density at radius 3 is 2.92 bits per heavy atom. The van der Waals surface area contributed by atoms with E-state index in [9.17, 15) is 0 Å². The summed E-state index contributed by atoms with van der Waals surface area (Å²) in [5, 5.41) is 10.6. The van der Waals surface area contributed by atoms with Gasteiger partial charge in [-0.05, 0) is 12.2 Å². The highest BCUT2D eigenvalue weighted by atomic mass is 32.1. The van der Waals surface area contributed by atoms with Gasteiger partial charge in [0, 0.05) is 13.2 Å². The molecule has 2 aromatic heterocycles. The molecule has 0 aliphatic heterocycles. The van der Waals surface area contributed by atoms with Crippen molar-refractivity contribution in [3.8, 4) is 11.4 Å². The molecule has 62 valence electrons. The van der Waals surface area contributed by atoms with Crippen LogP contribution in [0.5, 0.6) is 0 Å². The predicted octanol–water partition coefficient (Wildman–Crippen LogP) is 0.868. The van der Waals surface area contributed by atoms with E-state index >= 15 is 0 Å². The fourth-order valence-electron chi connectivity index (χ4n) is 0.950. The van der Waals surface area contributed by atoms with Gasteiger partial charge in [0.25, 0.3) is 0 Å². The summed E-state index contributed by atoms with van der Waals surface area (Å²) >= 11 is 4.84. The Bertz CT molecular complexity index is 436. The highest BCUT2D eigenvalue weighted by molar-refractivity contribution is 7.71. The molecule has 0 radical (unpaired) electrons. The maximum atomic E-state index is 4.84. The number of aromatic amines is 2. The molecule has 0 aromatic carbocycles. The Balaban J connectivity index is 2.50. The average molecular weight is 181 g/mol. The van der Waals surface area contributed by atoms with Crippen LogP contribution in [-0.4, -0.2) is 25.0 Å². The van der Waals surface area contributed by atoms with Crippen LogP contribution >= 0.6 is 12.2 Å². The van der Waals surface area contributed by atoms with Crippen LogP contribution in [0.1, 0.15) is 0 Å². The molecular weight excluding hydrogens is 174 g/mol. The molecule has 2 aromatic rings. The topological polar surface area (TPSA) is 62.3 Å². The minimum Gasteiger partial charge on any atom is -0.314 e. The lowest BCUT2D eigenvalue weighted by Crippen LogP contribution is -1.84. The van der Waals surface area contributed by atoms with Crippen LogP contribution in [-0.2, 0) is 7.05 Å². The summed E-state index contributed by atoms with van der Waals surface area (Å²) in [5.41, 5.74) is 0.921. The smallest absolute Gasteiger partial charge is 0.192 e. The van der Waals surface area contributed by atoms with E-state index in [1.54, 1.807) is 10.9 Å². The summed E-state index contributed by atoms with van der Waals surface area (Å²) in [4.78, 5) is 2.90. The molecular formula is C6H7N5S. The van der Waals surface area contributed by atoms with Gasteiger partial charge in [-0.2, -0.15) is 10.2 Å². The number of H-pyrrole nitrogens is 2. The molecule has 0 saturated heterocycles. The molecule has 0 aliphatic carbocycles. The minimum absolute atomic E-state index is 0.522. The van der Waals surface area contributed by atoms with Gasteiger partial charge in [0.2, 0.25) is 0 Å². The lowest BCUT2D eigenvalue weighted by Gasteiger charge is -1.84. The van der Waals surface area contributed by atoms with Gasteiger partial charge >= 0.3 is 0 Å². The molecule has 2 N–H and O–H groups in total. The molecule has 0 unspecified atom stereocenters. The number of nitrogens with zero attached hydrogens (tertiary/aromatic N) is 3. The standard InChI is InChI=1S/C6H7N5S/c1-11-3-4(2-7-11)5-8-6(12)10-9-5/h2-3H,1H3,(H2,8,9,10,12). The van der Waals surface area contributed by atoms with Crippen LogP contribution in [0.2, 0.25) is 0 Å². The van der Waals surface area contributed by atoms with E-state index in [0.29, 0.717) is 10.6 Å². The van der Waals surface area contributed by atoms with E-state index in [4.69, 9.17) is 12.2 Å². The highest BCUT2D eigenvalue weighted by Crippen LogP contribution is 2.10. The average Bonchev–Trinajstić information content (AvgIpc) is 2.58. The second-order valence-corrected chi connectivity index (χ2v) is 2.84. The van der Waals surface area contributed by atoms with Crippen molar-refractivity contribution < 1.29 is 0 Å². The monoisotopic (exact) mass is 181 g/mol. The Labute approximate surface area is 73.4 Å². The quantitative estimate of drug-likeness (QED) is 0.641. The van der Waals surface area contributed by atoms with Crippen LogP contribution in [0.15, 0.2) is 12.4 Å². The molecule has 0 fully saturated rings. The zero-order valence-electron chi connectivity index (χ0n) is 6.40. The van der Waals surface area contributed by atoms with Gasteiger partial charge in [-0.25, -0.2) is 0 Å². The van der Waals surface area contributed by atoms with Crippen molar-refractivity contribution in [3.05, 3.63) is 17.2 Å². The molecule has 0 amide bonds. The fourth-order valence-corrected chi connectivity index (χ4v) is 1.09. The first-order valence-corrected chi connectivity index (χ1v) is 3.80. The Morgan fingerprint density at radius 2 is 2.42 bits per heavy atom. The molecule has 0 atom stereocenters. The van der Waals surface area contributed by atoms with Crippen molar-refractivity contribution in [1.82, 2.24) is 25.0 Å². The van der Waals surface area contributed by atoms with Crippen molar-refractivity contribution in [2.24, 2.45) is 7.05 Å². The maximum absolute atomic E-state index is 4.84.